The third-order valence-corrected chi connectivity index (χ3v) is 7.40. The fourth-order valence-electron chi connectivity index (χ4n) is 3.87. The first kappa shape index (κ1) is 18.4. The van der Waals surface area contributed by atoms with Gasteiger partial charge < -0.3 is 10.6 Å². The summed E-state index contributed by atoms with van der Waals surface area (Å²) in [5.41, 5.74) is 5.89. The number of hydrogen-bond acceptors (Lipinski definition) is 4. The molecule has 2 N–H and O–H groups in total. The number of rotatable bonds is 3. The number of piperazine rings is 1. The fraction of sp³-hybridized carbons (Fsp3) is 0.611. The lowest BCUT2D eigenvalue weighted by Gasteiger charge is -2.42. The van der Waals surface area contributed by atoms with E-state index < -0.39 is 15.6 Å². The van der Waals surface area contributed by atoms with Gasteiger partial charge in [0.15, 0.2) is 0 Å². The van der Waals surface area contributed by atoms with Crippen molar-refractivity contribution >= 4 is 15.9 Å². The van der Waals surface area contributed by atoms with Crippen LogP contribution in [0.15, 0.2) is 35.2 Å². The van der Waals surface area contributed by atoms with Crippen LogP contribution < -0.4 is 5.73 Å². The average molecular weight is 365 g/mol. The van der Waals surface area contributed by atoms with Gasteiger partial charge in [-0.15, -0.1) is 0 Å². The van der Waals surface area contributed by atoms with Gasteiger partial charge in [0, 0.05) is 31.7 Å². The van der Waals surface area contributed by atoms with E-state index in [1.54, 1.807) is 35.2 Å². The molecule has 1 heterocycles. The number of nitrogens with zero attached hydrogens (tertiary/aromatic N) is 2. The van der Waals surface area contributed by atoms with Crippen molar-refractivity contribution in [1.29, 1.82) is 0 Å². The Labute approximate surface area is 150 Å². The van der Waals surface area contributed by atoms with Gasteiger partial charge in [-0.1, -0.05) is 31.0 Å². The first-order chi connectivity index (χ1) is 11.8. The van der Waals surface area contributed by atoms with Crippen LogP contribution in [0.2, 0.25) is 0 Å². The molecule has 25 heavy (non-hydrogen) atoms. The molecule has 0 radical (unpaired) electrons. The van der Waals surface area contributed by atoms with Crippen LogP contribution in [0.1, 0.15) is 32.6 Å². The number of carbonyl (C=O) groups is 1. The minimum Gasteiger partial charge on any atom is -0.340 e. The van der Waals surface area contributed by atoms with Crippen LogP contribution in [-0.2, 0) is 14.8 Å². The standard InChI is InChI=1S/C18H27N3O3S/c1-18(19)10-6-5-9-16(18)17(22)20-11-13-21(14-12-20)25(23,24)15-7-3-2-4-8-15/h2-4,7-8,16H,5-6,9-14,19H2,1H3. The van der Waals surface area contributed by atoms with Crippen LogP contribution >= 0.6 is 0 Å². The Kier molecular flexibility index (Phi) is 5.18. The summed E-state index contributed by atoms with van der Waals surface area (Å²) in [6.07, 6.45) is 3.80. The second-order valence-corrected chi connectivity index (χ2v) is 9.28. The molecule has 7 heteroatoms. The largest absolute Gasteiger partial charge is 0.340 e. The van der Waals surface area contributed by atoms with E-state index in [2.05, 4.69) is 0 Å². The number of carbonyl (C=O) groups excluding carboxylic acids is 1. The third kappa shape index (κ3) is 3.73. The summed E-state index contributed by atoms with van der Waals surface area (Å²) in [5.74, 6) is -0.0695. The van der Waals surface area contributed by atoms with Gasteiger partial charge in [-0.05, 0) is 31.9 Å². The number of sulfonamides is 1. The van der Waals surface area contributed by atoms with Gasteiger partial charge in [-0.2, -0.15) is 4.31 Å². The average Bonchev–Trinajstić information content (AvgIpc) is 2.62. The first-order valence-electron chi connectivity index (χ1n) is 8.95. The second kappa shape index (κ2) is 7.05. The molecular formula is C18H27N3O3S. The molecule has 1 aliphatic carbocycles. The zero-order valence-electron chi connectivity index (χ0n) is 14.7. The monoisotopic (exact) mass is 365 g/mol. The molecule has 1 saturated carbocycles. The Bertz CT molecular complexity index is 710. The van der Waals surface area contributed by atoms with E-state index in [0.29, 0.717) is 31.1 Å². The molecule has 2 aliphatic rings. The van der Waals surface area contributed by atoms with Crippen LogP contribution in [0.25, 0.3) is 0 Å². The topological polar surface area (TPSA) is 83.7 Å². The van der Waals surface area contributed by atoms with Crippen molar-refractivity contribution in [3.8, 4) is 0 Å². The first-order valence-corrected chi connectivity index (χ1v) is 10.4. The summed E-state index contributed by atoms with van der Waals surface area (Å²) >= 11 is 0. The van der Waals surface area contributed by atoms with E-state index in [9.17, 15) is 13.2 Å². The second-order valence-electron chi connectivity index (χ2n) is 7.35. The summed E-state index contributed by atoms with van der Waals surface area (Å²) in [6, 6.07) is 8.45. The van der Waals surface area contributed by atoms with Gasteiger partial charge in [0.1, 0.15) is 0 Å². The lowest BCUT2D eigenvalue weighted by Crippen LogP contribution is -2.57. The van der Waals surface area contributed by atoms with Crippen molar-refractivity contribution in [3.63, 3.8) is 0 Å². The lowest BCUT2D eigenvalue weighted by atomic mass is 9.74. The molecule has 0 bridgehead atoms. The van der Waals surface area contributed by atoms with Gasteiger partial charge >= 0.3 is 0 Å². The third-order valence-electron chi connectivity index (χ3n) is 5.48. The number of nitrogens with two attached hydrogens (primary N) is 1. The van der Waals surface area contributed by atoms with Gasteiger partial charge in [0.05, 0.1) is 10.8 Å². The quantitative estimate of drug-likeness (QED) is 0.878. The van der Waals surface area contributed by atoms with E-state index in [-0.39, 0.29) is 11.8 Å². The predicted octanol–water partition coefficient (Wildman–Crippen LogP) is 1.43. The minimum absolute atomic E-state index is 0.0847. The molecule has 0 aromatic heterocycles. The Morgan fingerprint density at radius 1 is 1.12 bits per heavy atom. The maximum Gasteiger partial charge on any atom is 0.243 e. The van der Waals surface area contributed by atoms with Crippen molar-refractivity contribution in [2.45, 2.75) is 43.0 Å². The SMILES string of the molecule is CC1(N)CCCCC1C(=O)N1CCN(S(=O)(=O)c2ccccc2)CC1. The summed E-state index contributed by atoms with van der Waals surface area (Å²) in [7, 11) is -3.49. The Morgan fingerprint density at radius 2 is 1.76 bits per heavy atom. The van der Waals surface area contributed by atoms with Crippen molar-refractivity contribution in [3.05, 3.63) is 30.3 Å². The molecule has 1 saturated heterocycles. The maximum atomic E-state index is 12.9. The van der Waals surface area contributed by atoms with Crippen LogP contribution in [0.4, 0.5) is 0 Å². The van der Waals surface area contributed by atoms with E-state index in [1.807, 2.05) is 6.92 Å². The Morgan fingerprint density at radius 3 is 2.36 bits per heavy atom. The Hall–Kier alpha value is -1.44. The highest BCUT2D eigenvalue weighted by Gasteiger charge is 2.41. The van der Waals surface area contributed by atoms with Crippen molar-refractivity contribution in [2.24, 2.45) is 11.7 Å². The van der Waals surface area contributed by atoms with E-state index in [4.69, 9.17) is 5.73 Å². The molecule has 6 nitrogen and oxygen atoms in total. The normalized spacial score (nSPS) is 28.7. The summed E-state index contributed by atoms with van der Waals surface area (Å²) in [4.78, 5) is 15.0. The van der Waals surface area contributed by atoms with Crippen molar-refractivity contribution in [2.75, 3.05) is 26.2 Å². The minimum atomic E-state index is -3.49. The van der Waals surface area contributed by atoms with Crippen molar-refractivity contribution < 1.29 is 13.2 Å². The summed E-state index contributed by atoms with van der Waals surface area (Å²) in [6.45, 7) is 3.48. The molecule has 1 aliphatic heterocycles. The molecule has 1 amide bonds. The smallest absolute Gasteiger partial charge is 0.243 e. The van der Waals surface area contributed by atoms with Gasteiger partial charge in [0.25, 0.3) is 0 Å². The van der Waals surface area contributed by atoms with Gasteiger partial charge in [-0.25, -0.2) is 8.42 Å². The zero-order valence-corrected chi connectivity index (χ0v) is 15.5. The summed E-state index contributed by atoms with van der Waals surface area (Å²) < 4.78 is 26.8. The molecule has 3 rings (SSSR count). The van der Waals surface area contributed by atoms with Crippen LogP contribution in [-0.4, -0.2) is 55.2 Å². The molecular weight excluding hydrogens is 338 g/mol. The molecule has 1 aromatic carbocycles. The van der Waals surface area contributed by atoms with Crippen molar-refractivity contribution in [1.82, 2.24) is 9.21 Å². The van der Waals surface area contributed by atoms with Crippen LogP contribution in [0, 0.1) is 5.92 Å². The number of amides is 1. The molecule has 2 atom stereocenters. The fourth-order valence-corrected chi connectivity index (χ4v) is 5.32. The highest BCUT2D eigenvalue weighted by Crippen LogP contribution is 2.33. The maximum absolute atomic E-state index is 12.9. The molecule has 0 spiro atoms. The molecule has 2 unspecified atom stereocenters. The predicted molar refractivity (Wildman–Crippen MR) is 96.3 cm³/mol. The molecule has 138 valence electrons. The highest BCUT2D eigenvalue weighted by molar-refractivity contribution is 7.89. The Balaban J connectivity index is 1.65. The number of hydrogen-bond donors (Lipinski definition) is 1. The van der Waals surface area contributed by atoms with E-state index in [1.165, 1.54) is 4.31 Å². The van der Waals surface area contributed by atoms with E-state index in [0.717, 1.165) is 25.7 Å². The lowest BCUT2D eigenvalue weighted by molar-refractivity contribution is -0.140. The number of benzene rings is 1. The van der Waals surface area contributed by atoms with Gasteiger partial charge in [0.2, 0.25) is 15.9 Å². The van der Waals surface area contributed by atoms with E-state index >= 15 is 0 Å². The van der Waals surface area contributed by atoms with Gasteiger partial charge in [-0.3, -0.25) is 4.79 Å². The van der Waals surface area contributed by atoms with Crippen LogP contribution in [0.5, 0.6) is 0 Å². The molecule has 1 aromatic rings. The highest BCUT2D eigenvalue weighted by atomic mass is 32.2. The zero-order chi connectivity index (χ0) is 18.1. The van der Waals surface area contributed by atoms with Crippen LogP contribution in [0.3, 0.4) is 0 Å². The molecule has 2 fully saturated rings. The summed E-state index contributed by atoms with van der Waals surface area (Å²) in [5, 5.41) is 0.